The quantitative estimate of drug-likeness (QED) is 0.332. The molecule has 0 radical (unpaired) electrons. The molecule has 1 saturated carbocycles. The maximum atomic E-state index is 13.7. The lowest BCUT2D eigenvalue weighted by molar-refractivity contribution is -0.179. The van der Waals surface area contributed by atoms with Gasteiger partial charge in [-0.05, 0) is 44.7 Å². The zero-order valence-corrected chi connectivity index (χ0v) is 21.9. The van der Waals surface area contributed by atoms with Gasteiger partial charge in [0, 0.05) is 19.2 Å². The van der Waals surface area contributed by atoms with Crippen molar-refractivity contribution in [2.45, 2.75) is 67.3 Å². The number of amides is 1. The van der Waals surface area contributed by atoms with Gasteiger partial charge in [-0.2, -0.15) is 0 Å². The number of benzene rings is 1. The predicted octanol–water partition coefficient (Wildman–Crippen LogP) is 1.08. The van der Waals surface area contributed by atoms with Crippen LogP contribution in [-0.4, -0.2) is 101 Å². The van der Waals surface area contributed by atoms with Crippen molar-refractivity contribution in [3.05, 3.63) is 35.8 Å². The fraction of sp³-hybridized carbons (Fsp3) is 0.625. The number of ether oxygens (including phenoxy) is 1. The van der Waals surface area contributed by atoms with Crippen LogP contribution < -0.4 is 0 Å². The molecule has 1 saturated heterocycles. The Kier molecular flexibility index (Phi) is 8.40. The number of hydrogen-bond acceptors (Lipinski definition) is 9. The summed E-state index contributed by atoms with van der Waals surface area (Å²) in [6.07, 6.45) is -0.949. The van der Waals surface area contributed by atoms with E-state index in [0.29, 0.717) is 12.5 Å². The molecule has 4 N–H and O–H groups in total. The number of halogens is 3. The van der Waals surface area contributed by atoms with Crippen LogP contribution in [0.2, 0.25) is 0 Å². The van der Waals surface area contributed by atoms with E-state index in [0.717, 1.165) is 41.4 Å². The van der Waals surface area contributed by atoms with Crippen LogP contribution in [0.15, 0.2) is 18.3 Å². The van der Waals surface area contributed by atoms with Gasteiger partial charge >= 0.3 is 0 Å². The smallest absolute Gasteiger partial charge is 0.238 e. The molecule has 0 bridgehead atoms. The van der Waals surface area contributed by atoms with Crippen LogP contribution in [0.1, 0.15) is 32.7 Å². The van der Waals surface area contributed by atoms with Crippen LogP contribution >= 0.6 is 11.8 Å². The van der Waals surface area contributed by atoms with Crippen LogP contribution in [0.25, 0.3) is 11.3 Å². The molecular formula is C24H31F3N4O6S. The zero-order chi connectivity index (χ0) is 27.9. The van der Waals surface area contributed by atoms with Crippen molar-refractivity contribution in [2.24, 2.45) is 5.92 Å². The van der Waals surface area contributed by atoms with Gasteiger partial charge in [-0.3, -0.25) is 4.79 Å². The summed E-state index contributed by atoms with van der Waals surface area (Å²) in [5, 5.41) is 49.3. The Balaban J connectivity index is 1.60. The van der Waals surface area contributed by atoms with Crippen LogP contribution in [0, 0.1) is 23.4 Å². The molecule has 2 aromatic rings. The van der Waals surface area contributed by atoms with E-state index in [1.807, 2.05) is 0 Å². The summed E-state index contributed by atoms with van der Waals surface area (Å²) in [6, 6.07) is 0.212. The third-order valence-corrected chi connectivity index (χ3v) is 8.39. The molecule has 38 heavy (non-hydrogen) atoms. The van der Waals surface area contributed by atoms with Gasteiger partial charge in [0.1, 0.15) is 40.7 Å². The molecule has 1 aromatic heterocycles. The first-order valence-electron chi connectivity index (χ1n) is 12.1. The molecule has 4 rings (SSSR count). The van der Waals surface area contributed by atoms with Crippen LogP contribution in [0.5, 0.6) is 0 Å². The highest BCUT2D eigenvalue weighted by atomic mass is 32.2. The first-order chi connectivity index (χ1) is 17.8. The van der Waals surface area contributed by atoms with Crippen molar-refractivity contribution in [3.63, 3.8) is 0 Å². The molecule has 14 heteroatoms. The second-order valence-corrected chi connectivity index (χ2v) is 11.6. The monoisotopic (exact) mass is 560 g/mol. The average molecular weight is 561 g/mol. The van der Waals surface area contributed by atoms with Gasteiger partial charge in [-0.25, -0.2) is 17.9 Å². The van der Waals surface area contributed by atoms with Gasteiger partial charge < -0.3 is 30.1 Å². The minimum Gasteiger partial charge on any atom is -0.394 e. The fourth-order valence-electron chi connectivity index (χ4n) is 4.39. The second-order valence-electron chi connectivity index (χ2n) is 10.4. The Bertz CT molecular complexity index is 1140. The maximum Gasteiger partial charge on any atom is 0.238 e. The standard InChI is InChI=1S/C24H31F3N4O6S/c1-24(2,36)21(22(35)30(3)8-11-4-5-11)38-23-20(34)18(19(33)16(10-32)37-23)31-9-15(28-29-31)12-6-13(25)17(27)14(26)7-12/h6-7,9,11,16,18-21,23,32-34,36H,4-5,8,10H2,1-3H3/t16-,18+,19+,20-,21?,23+/m1/s1. The van der Waals surface area contributed by atoms with Gasteiger partial charge in [0.25, 0.3) is 0 Å². The molecule has 1 unspecified atom stereocenters. The Morgan fingerprint density at radius 3 is 2.42 bits per heavy atom. The highest BCUT2D eigenvalue weighted by Gasteiger charge is 2.49. The van der Waals surface area contributed by atoms with Crippen molar-refractivity contribution in [2.75, 3.05) is 20.2 Å². The molecule has 0 spiro atoms. The van der Waals surface area contributed by atoms with Crippen LogP contribution in [-0.2, 0) is 9.53 Å². The molecule has 1 aromatic carbocycles. The summed E-state index contributed by atoms with van der Waals surface area (Å²) >= 11 is 0.855. The van der Waals surface area contributed by atoms with Crippen LogP contribution in [0.4, 0.5) is 13.2 Å². The van der Waals surface area contributed by atoms with Crippen LogP contribution in [0.3, 0.4) is 0 Å². The summed E-state index contributed by atoms with van der Waals surface area (Å²) < 4.78 is 47.6. The van der Waals surface area contributed by atoms with Gasteiger partial charge in [-0.1, -0.05) is 5.21 Å². The van der Waals surface area contributed by atoms with E-state index < -0.39 is 64.7 Å². The summed E-state index contributed by atoms with van der Waals surface area (Å²) in [6.45, 7) is 2.82. The molecule has 2 aliphatic rings. The molecule has 1 aliphatic carbocycles. The SMILES string of the molecule is CN(CC1CC1)C(=O)C(S[C@@H]1O[C@H](CO)[C@H](O)[C@H](n2cc(-c3cc(F)c(F)c(F)c3)nn2)[C@H]1O)C(C)(C)O. The number of aliphatic hydroxyl groups is 4. The second kappa shape index (κ2) is 11.1. The molecule has 1 amide bonds. The molecule has 210 valence electrons. The van der Waals surface area contributed by atoms with Crippen molar-refractivity contribution in [3.8, 4) is 11.3 Å². The summed E-state index contributed by atoms with van der Waals surface area (Å²) in [5.41, 5.74) is -2.90. The van der Waals surface area contributed by atoms with E-state index in [-0.39, 0.29) is 17.2 Å². The Labute approximate surface area is 221 Å². The van der Waals surface area contributed by atoms with E-state index >= 15 is 0 Å². The molecule has 2 fully saturated rings. The number of carbonyl (C=O) groups is 1. The fourth-order valence-corrected chi connectivity index (χ4v) is 5.82. The molecule has 2 heterocycles. The summed E-state index contributed by atoms with van der Waals surface area (Å²) in [7, 11) is 1.64. The number of carbonyl (C=O) groups excluding carboxylic acids is 1. The highest BCUT2D eigenvalue weighted by Crippen LogP contribution is 2.40. The molecule has 1 aliphatic heterocycles. The zero-order valence-electron chi connectivity index (χ0n) is 21.0. The van der Waals surface area contributed by atoms with E-state index in [4.69, 9.17) is 4.74 Å². The van der Waals surface area contributed by atoms with E-state index in [2.05, 4.69) is 10.3 Å². The van der Waals surface area contributed by atoms with E-state index in [1.54, 1.807) is 7.05 Å². The number of rotatable bonds is 9. The normalized spacial score (nSPS) is 26.8. The van der Waals surface area contributed by atoms with E-state index in [9.17, 15) is 38.4 Å². The number of nitrogens with zero attached hydrogens (tertiary/aromatic N) is 4. The minimum absolute atomic E-state index is 0.0651. The lowest BCUT2D eigenvalue weighted by Gasteiger charge is -2.43. The number of aromatic nitrogens is 3. The molecular weight excluding hydrogens is 529 g/mol. The average Bonchev–Trinajstić information content (AvgIpc) is 3.53. The maximum absolute atomic E-state index is 13.7. The van der Waals surface area contributed by atoms with Gasteiger partial charge in [0.05, 0.1) is 18.4 Å². The van der Waals surface area contributed by atoms with Crippen molar-refractivity contribution >= 4 is 17.7 Å². The Morgan fingerprint density at radius 1 is 1.24 bits per heavy atom. The molecule has 10 nitrogen and oxygen atoms in total. The third-order valence-electron chi connectivity index (χ3n) is 6.69. The predicted molar refractivity (Wildman–Crippen MR) is 130 cm³/mol. The summed E-state index contributed by atoms with van der Waals surface area (Å²) in [4.78, 5) is 14.8. The van der Waals surface area contributed by atoms with Gasteiger partial charge in [0.2, 0.25) is 5.91 Å². The van der Waals surface area contributed by atoms with Crippen molar-refractivity contribution in [1.29, 1.82) is 0 Å². The number of hydrogen-bond donors (Lipinski definition) is 4. The first kappa shape index (κ1) is 28.8. The minimum atomic E-state index is -1.64. The van der Waals surface area contributed by atoms with Crippen molar-refractivity contribution in [1.82, 2.24) is 19.9 Å². The molecule has 6 atom stereocenters. The van der Waals surface area contributed by atoms with E-state index in [1.165, 1.54) is 24.9 Å². The lowest BCUT2D eigenvalue weighted by atomic mass is 9.97. The first-order valence-corrected chi connectivity index (χ1v) is 13.1. The summed E-state index contributed by atoms with van der Waals surface area (Å²) in [5.74, 6) is -4.44. The third kappa shape index (κ3) is 6.00. The lowest BCUT2D eigenvalue weighted by Crippen LogP contribution is -2.57. The van der Waals surface area contributed by atoms with Gasteiger partial charge in [0.15, 0.2) is 17.5 Å². The largest absolute Gasteiger partial charge is 0.394 e. The number of thioether (sulfide) groups is 1. The number of aliphatic hydroxyl groups excluding tert-OH is 3. The topological polar surface area (TPSA) is 141 Å². The Morgan fingerprint density at radius 2 is 1.87 bits per heavy atom. The van der Waals surface area contributed by atoms with Crippen molar-refractivity contribution < 1.29 is 43.1 Å². The highest BCUT2D eigenvalue weighted by molar-refractivity contribution is 8.01. The van der Waals surface area contributed by atoms with Gasteiger partial charge in [-0.15, -0.1) is 16.9 Å². The Hall–Kier alpha value is -2.23.